The van der Waals surface area contributed by atoms with Gasteiger partial charge in [0, 0.05) is 5.92 Å². The molecule has 1 aliphatic rings. The van der Waals surface area contributed by atoms with Gasteiger partial charge >= 0.3 is 11.9 Å². The van der Waals surface area contributed by atoms with Gasteiger partial charge in [0.25, 0.3) is 0 Å². The lowest BCUT2D eigenvalue weighted by molar-refractivity contribution is -0.164. The van der Waals surface area contributed by atoms with Crippen molar-refractivity contribution in [2.45, 2.75) is 27.2 Å². The summed E-state index contributed by atoms with van der Waals surface area (Å²) < 4.78 is 9.87. The molecule has 0 aliphatic heterocycles. The summed E-state index contributed by atoms with van der Waals surface area (Å²) in [5.74, 6) is -1.10. The molecule has 16 heavy (non-hydrogen) atoms. The van der Waals surface area contributed by atoms with Crippen LogP contribution in [0, 0.1) is 11.3 Å². The van der Waals surface area contributed by atoms with Crippen molar-refractivity contribution in [1.29, 1.82) is 0 Å². The molecule has 1 rings (SSSR count). The Kier molecular flexibility index (Phi) is 3.73. The first-order valence-corrected chi connectivity index (χ1v) is 5.50. The molecule has 90 valence electrons. The number of hydrogen-bond donors (Lipinski definition) is 0. The second kappa shape index (κ2) is 4.68. The standard InChI is InChI=1S/C12H18O4/c1-5-15-10(13)12(11(14)16-6-2)7-9(12)8(3)4/h9H,3,5-7H2,1-2,4H3. The zero-order valence-electron chi connectivity index (χ0n) is 10.0. The van der Waals surface area contributed by atoms with Crippen LogP contribution in [0.4, 0.5) is 0 Å². The summed E-state index contributed by atoms with van der Waals surface area (Å²) in [5, 5.41) is 0. The zero-order chi connectivity index (χ0) is 12.3. The van der Waals surface area contributed by atoms with E-state index in [2.05, 4.69) is 6.58 Å². The third-order valence-electron chi connectivity index (χ3n) is 2.84. The van der Waals surface area contributed by atoms with Gasteiger partial charge in [-0.15, -0.1) is 0 Å². The maximum absolute atomic E-state index is 11.8. The number of ether oxygens (including phenoxy) is 2. The van der Waals surface area contributed by atoms with Crippen molar-refractivity contribution in [3.8, 4) is 0 Å². The first kappa shape index (κ1) is 12.7. The summed E-state index contributed by atoms with van der Waals surface area (Å²) in [6.45, 7) is 9.56. The van der Waals surface area contributed by atoms with Crippen LogP contribution in [-0.4, -0.2) is 25.2 Å². The summed E-state index contributed by atoms with van der Waals surface area (Å²) in [6.07, 6.45) is 0.458. The smallest absolute Gasteiger partial charge is 0.324 e. The van der Waals surface area contributed by atoms with E-state index in [1.807, 2.05) is 6.92 Å². The number of rotatable bonds is 5. The van der Waals surface area contributed by atoms with Crippen LogP contribution in [0.1, 0.15) is 27.2 Å². The van der Waals surface area contributed by atoms with Crippen molar-refractivity contribution >= 4 is 11.9 Å². The Morgan fingerprint density at radius 3 is 1.94 bits per heavy atom. The van der Waals surface area contributed by atoms with E-state index in [1.165, 1.54) is 0 Å². The van der Waals surface area contributed by atoms with E-state index < -0.39 is 17.4 Å². The minimum absolute atomic E-state index is 0.134. The third-order valence-corrected chi connectivity index (χ3v) is 2.84. The molecule has 4 nitrogen and oxygen atoms in total. The highest BCUT2D eigenvalue weighted by Crippen LogP contribution is 2.57. The lowest BCUT2D eigenvalue weighted by Crippen LogP contribution is -2.32. The van der Waals surface area contributed by atoms with Gasteiger partial charge in [0.1, 0.15) is 0 Å². The predicted octanol–water partition coefficient (Wildman–Crippen LogP) is 1.70. The largest absolute Gasteiger partial charge is 0.465 e. The third kappa shape index (κ3) is 1.96. The van der Waals surface area contributed by atoms with Crippen LogP contribution in [0.2, 0.25) is 0 Å². The number of esters is 2. The molecule has 0 radical (unpaired) electrons. The quantitative estimate of drug-likeness (QED) is 0.406. The Morgan fingerprint density at radius 1 is 1.25 bits per heavy atom. The molecule has 0 aromatic heterocycles. The van der Waals surface area contributed by atoms with Crippen LogP contribution in [-0.2, 0) is 19.1 Å². The van der Waals surface area contributed by atoms with Crippen LogP contribution >= 0.6 is 0 Å². The molecule has 0 amide bonds. The van der Waals surface area contributed by atoms with Crippen molar-refractivity contribution in [2.75, 3.05) is 13.2 Å². The van der Waals surface area contributed by atoms with E-state index in [1.54, 1.807) is 13.8 Å². The van der Waals surface area contributed by atoms with Gasteiger partial charge in [0.05, 0.1) is 13.2 Å². The predicted molar refractivity (Wildman–Crippen MR) is 58.6 cm³/mol. The van der Waals surface area contributed by atoms with Crippen molar-refractivity contribution in [2.24, 2.45) is 11.3 Å². The summed E-state index contributed by atoms with van der Waals surface area (Å²) in [6, 6.07) is 0. The molecule has 0 bridgehead atoms. The fourth-order valence-corrected chi connectivity index (χ4v) is 1.91. The van der Waals surface area contributed by atoms with Gasteiger partial charge in [0.2, 0.25) is 0 Å². The van der Waals surface area contributed by atoms with Crippen molar-refractivity contribution in [3.05, 3.63) is 12.2 Å². The summed E-state index contributed by atoms with van der Waals surface area (Å²) in [4.78, 5) is 23.6. The first-order valence-electron chi connectivity index (χ1n) is 5.50. The van der Waals surface area contributed by atoms with Gasteiger partial charge in [-0.1, -0.05) is 12.2 Å². The van der Waals surface area contributed by atoms with E-state index in [0.29, 0.717) is 6.42 Å². The van der Waals surface area contributed by atoms with Crippen LogP contribution in [0.3, 0.4) is 0 Å². The fourth-order valence-electron chi connectivity index (χ4n) is 1.91. The van der Waals surface area contributed by atoms with Gasteiger partial charge in [0.15, 0.2) is 5.41 Å². The van der Waals surface area contributed by atoms with Gasteiger partial charge in [-0.25, -0.2) is 0 Å². The molecular formula is C12H18O4. The van der Waals surface area contributed by atoms with Crippen LogP contribution in [0.5, 0.6) is 0 Å². The molecule has 1 fully saturated rings. The van der Waals surface area contributed by atoms with E-state index in [-0.39, 0.29) is 19.1 Å². The number of allylic oxidation sites excluding steroid dienone is 1. The fraction of sp³-hybridized carbons (Fsp3) is 0.667. The molecule has 1 aliphatic carbocycles. The van der Waals surface area contributed by atoms with Crippen LogP contribution in [0.25, 0.3) is 0 Å². The van der Waals surface area contributed by atoms with E-state index >= 15 is 0 Å². The Bertz CT molecular complexity index is 301. The van der Waals surface area contributed by atoms with Gasteiger partial charge < -0.3 is 9.47 Å². The van der Waals surface area contributed by atoms with E-state index in [9.17, 15) is 9.59 Å². The summed E-state index contributed by atoms with van der Waals surface area (Å²) >= 11 is 0. The van der Waals surface area contributed by atoms with Crippen molar-refractivity contribution in [3.63, 3.8) is 0 Å². The second-order valence-corrected chi connectivity index (χ2v) is 4.02. The van der Waals surface area contributed by atoms with Gasteiger partial charge in [-0.05, 0) is 27.2 Å². The molecule has 0 aromatic carbocycles. The highest BCUT2D eigenvalue weighted by Gasteiger charge is 2.68. The Morgan fingerprint density at radius 2 is 1.69 bits per heavy atom. The highest BCUT2D eigenvalue weighted by atomic mass is 16.6. The topological polar surface area (TPSA) is 52.6 Å². The number of hydrogen-bond acceptors (Lipinski definition) is 4. The van der Waals surface area contributed by atoms with Crippen molar-refractivity contribution < 1.29 is 19.1 Å². The van der Waals surface area contributed by atoms with Crippen LogP contribution < -0.4 is 0 Å². The summed E-state index contributed by atoms with van der Waals surface area (Å²) in [7, 11) is 0. The SMILES string of the molecule is C=C(C)C1CC1(C(=O)OCC)C(=O)OCC. The Balaban J connectivity index is 2.85. The maximum atomic E-state index is 11.8. The zero-order valence-corrected chi connectivity index (χ0v) is 10.0. The molecule has 0 heterocycles. The minimum Gasteiger partial charge on any atom is -0.465 e. The normalized spacial score (nSPS) is 21.1. The molecule has 0 aromatic rings. The van der Waals surface area contributed by atoms with E-state index in [4.69, 9.17) is 9.47 Å². The van der Waals surface area contributed by atoms with E-state index in [0.717, 1.165) is 5.57 Å². The van der Waals surface area contributed by atoms with Crippen LogP contribution in [0.15, 0.2) is 12.2 Å². The number of carbonyl (C=O) groups excluding carboxylic acids is 2. The first-order chi connectivity index (χ1) is 7.50. The maximum Gasteiger partial charge on any atom is 0.324 e. The second-order valence-electron chi connectivity index (χ2n) is 4.02. The van der Waals surface area contributed by atoms with Gasteiger partial charge in [-0.2, -0.15) is 0 Å². The molecule has 1 atom stereocenters. The summed E-state index contributed by atoms with van der Waals surface area (Å²) in [5.41, 5.74) is -0.293. The Hall–Kier alpha value is -1.32. The lowest BCUT2D eigenvalue weighted by atomic mass is 10.0. The van der Waals surface area contributed by atoms with Crippen molar-refractivity contribution in [1.82, 2.24) is 0 Å². The molecular weight excluding hydrogens is 208 g/mol. The molecule has 4 heteroatoms. The molecule has 0 saturated heterocycles. The molecule has 0 spiro atoms. The average Bonchev–Trinajstić information content (AvgIpc) is 2.94. The molecule has 1 unspecified atom stereocenters. The number of carbonyl (C=O) groups is 2. The average molecular weight is 226 g/mol. The minimum atomic E-state index is -1.11. The molecule has 1 saturated carbocycles. The van der Waals surface area contributed by atoms with Gasteiger partial charge in [-0.3, -0.25) is 9.59 Å². The molecule has 0 N–H and O–H groups in total. The highest BCUT2D eigenvalue weighted by molar-refractivity contribution is 6.04. The lowest BCUT2D eigenvalue weighted by Gasteiger charge is -2.14. The Labute approximate surface area is 95.6 Å². The monoisotopic (exact) mass is 226 g/mol.